The lowest BCUT2D eigenvalue weighted by molar-refractivity contribution is 0.102. The van der Waals surface area contributed by atoms with Crippen LogP contribution in [0.3, 0.4) is 0 Å². The maximum Gasteiger partial charge on any atom is 0.258 e. The van der Waals surface area contributed by atoms with Gasteiger partial charge < -0.3 is 5.32 Å². The number of halogens is 1. The molecule has 1 aliphatic heterocycles. The molecule has 1 saturated heterocycles. The summed E-state index contributed by atoms with van der Waals surface area (Å²) in [6, 6.07) is 10.6. The van der Waals surface area contributed by atoms with Gasteiger partial charge in [0.2, 0.25) is 10.0 Å². The van der Waals surface area contributed by atoms with Crippen LogP contribution in [0.2, 0.25) is 0 Å². The number of carbonyl (C=O) groups is 1. The Kier molecular flexibility index (Phi) is 5.92. The Morgan fingerprint density at radius 1 is 1.11 bits per heavy atom. The zero-order chi connectivity index (χ0) is 19.4. The van der Waals surface area contributed by atoms with E-state index < -0.39 is 21.7 Å². The van der Waals surface area contributed by atoms with Gasteiger partial charge in [-0.15, -0.1) is 0 Å². The molecule has 0 radical (unpaired) electrons. The highest BCUT2D eigenvalue weighted by atomic mass is 32.2. The molecule has 0 saturated carbocycles. The minimum absolute atomic E-state index is 0.0558. The standard InChI is InChI=1S/C20H23FN2O3S/c1-2-15-8-4-5-9-19(15)22-20(24)17-14-16(10-11-18(17)21)27(25,26)23-12-6-3-7-13-23/h4-5,8-11,14H,2-3,6-7,12-13H2,1H3,(H,22,24). The van der Waals surface area contributed by atoms with E-state index in [-0.39, 0.29) is 10.5 Å². The normalized spacial score (nSPS) is 15.5. The number of sulfonamides is 1. The van der Waals surface area contributed by atoms with Gasteiger partial charge in [0.05, 0.1) is 10.5 Å². The van der Waals surface area contributed by atoms with Gasteiger partial charge in [-0.1, -0.05) is 31.5 Å². The number of aryl methyl sites for hydroxylation is 1. The smallest absolute Gasteiger partial charge is 0.258 e. The first-order chi connectivity index (χ1) is 12.9. The van der Waals surface area contributed by atoms with E-state index in [9.17, 15) is 17.6 Å². The van der Waals surface area contributed by atoms with Crippen molar-refractivity contribution in [1.82, 2.24) is 4.31 Å². The summed E-state index contributed by atoms with van der Waals surface area (Å²) >= 11 is 0. The molecule has 1 N–H and O–H groups in total. The fourth-order valence-corrected chi connectivity index (χ4v) is 4.78. The second-order valence-corrected chi connectivity index (χ2v) is 8.51. The molecule has 0 aliphatic carbocycles. The van der Waals surface area contributed by atoms with Crippen molar-refractivity contribution in [2.24, 2.45) is 0 Å². The van der Waals surface area contributed by atoms with Crippen molar-refractivity contribution in [3.8, 4) is 0 Å². The summed E-state index contributed by atoms with van der Waals surface area (Å²) in [5, 5.41) is 2.69. The van der Waals surface area contributed by atoms with Gasteiger partial charge in [0.1, 0.15) is 5.82 Å². The third-order valence-corrected chi connectivity index (χ3v) is 6.68. The highest BCUT2D eigenvalue weighted by molar-refractivity contribution is 7.89. The number of hydrogen-bond donors (Lipinski definition) is 1. The Labute approximate surface area is 159 Å². The maximum absolute atomic E-state index is 14.3. The third-order valence-electron chi connectivity index (χ3n) is 4.78. The van der Waals surface area contributed by atoms with Crippen LogP contribution in [0.25, 0.3) is 0 Å². The lowest BCUT2D eigenvalue weighted by Gasteiger charge is -2.26. The van der Waals surface area contributed by atoms with Crippen molar-refractivity contribution >= 4 is 21.6 Å². The Morgan fingerprint density at radius 3 is 2.52 bits per heavy atom. The van der Waals surface area contributed by atoms with Crippen LogP contribution in [0, 0.1) is 5.82 Å². The molecule has 2 aromatic rings. The second-order valence-electron chi connectivity index (χ2n) is 6.57. The van der Waals surface area contributed by atoms with Crippen LogP contribution < -0.4 is 5.32 Å². The third kappa shape index (κ3) is 4.20. The molecule has 0 bridgehead atoms. The molecule has 1 fully saturated rings. The van der Waals surface area contributed by atoms with Crippen molar-refractivity contribution in [3.05, 3.63) is 59.4 Å². The topological polar surface area (TPSA) is 66.5 Å². The Morgan fingerprint density at radius 2 is 1.81 bits per heavy atom. The highest BCUT2D eigenvalue weighted by Crippen LogP contribution is 2.24. The lowest BCUT2D eigenvalue weighted by Crippen LogP contribution is -2.35. The lowest BCUT2D eigenvalue weighted by atomic mass is 10.1. The summed E-state index contributed by atoms with van der Waals surface area (Å²) in [7, 11) is -3.73. The number of piperidine rings is 1. The minimum atomic E-state index is -3.73. The van der Waals surface area contributed by atoms with Crippen LogP contribution in [0.4, 0.5) is 10.1 Å². The molecule has 2 aromatic carbocycles. The number of para-hydroxylation sites is 1. The van der Waals surface area contributed by atoms with E-state index in [0.29, 0.717) is 25.2 Å². The fraction of sp³-hybridized carbons (Fsp3) is 0.350. The molecule has 27 heavy (non-hydrogen) atoms. The van der Waals surface area contributed by atoms with Crippen LogP contribution in [-0.4, -0.2) is 31.7 Å². The van der Waals surface area contributed by atoms with Crippen LogP contribution >= 0.6 is 0 Å². The highest BCUT2D eigenvalue weighted by Gasteiger charge is 2.27. The van der Waals surface area contributed by atoms with Gasteiger partial charge in [-0.25, -0.2) is 12.8 Å². The van der Waals surface area contributed by atoms with E-state index in [0.717, 1.165) is 37.0 Å². The summed E-state index contributed by atoms with van der Waals surface area (Å²) in [5.41, 5.74) is 1.23. The summed E-state index contributed by atoms with van der Waals surface area (Å²) in [4.78, 5) is 12.5. The number of amides is 1. The molecule has 7 heteroatoms. The molecule has 144 valence electrons. The predicted molar refractivity (Wildman–Crippen MR) is 103 cm³/mol. The van der Waals surface area contributed by atoms with Crippen molar-refractivity contribution in [3.63, 3.8) is 0 Å². The summed E-state index contributed by atoms with van der Waals surface area (Å²) in [5.74, 6) is -1.41. The van der Waals surface area contributed by atoms with Gasteiger partial charge in [-0.05, 0) is 49.1 Å². The Balaban J connectivity index is 1.90. The first-order valence-electron chi connectivity index (χ1n) is 9.12. The number of nitrogens with zero attached hydrogens (tertiary/aromatic N) is 1. The molecule has 3 rings (SSSR count). The van der Waals surface area contributed by atoms with E-state index in [1.165, 1.54) is 10.4 Å². The molecule has 5 nitrogen and oxygen atoms in total. The van der Waals surface area contributed by atoms with E-state index in [4.69, 9.17) is 0 Å². The zero-order valence-electron chi connectivity index (χ0n) is 15.2. The van der Waals surface area contributed by atoms with Gasteiger partial charge in [-0.2, -0.15) is 4.31 Å². The average molecular weight is 390 g/mol. The van der Waals surface area contributed by atoms with Crippen molar-refractivity contribution in [2.75, 3.05) is 18.4 Å². The number of anilines is 1. The number of benzene rings is 2. The first kappa shape index (κ1) is 19.5. The minimum Gasteiger partial charge on any atom is -0.322 e. The average Bonchev–Trinajstić information content (AvgIpc) is 2.69. The van der Waals surface area contributed by atoms with Crippen LogP contribution in [0.15, 0.2) is 47.4 Å². The van der Waals surface area contributed by atoms with Gasteiger partial charge in [0.25, 0.3) is 5.91 Å². The fourth-order valence-electron chi connectivity index (χ4n) is 3.23. The van der Waals surface area contributed by atoms with Crippen LogP contribution in [-0.2, 0) is 16.4 Å². The van der Waals surface area contributed by atoms with Crippen LogP contribution in [0.5, 0.6) is 0 Å². The number of hydrogen-bond acceptors (Lipinski definition) is 3. The van der Waals surface area contributed by atoms with E-state index in [2.05, 4.69) is 5.32 Å². The van der Waals surface area contributed by atoms with E-state index in [1.54, 1.807) is 12.1 Å². The molecule has 0 atom stereocenters. The molecule has 1 aliphatic rings. The van der Waals surface area contributed by atoms with Crippen molar-refractivity contribution in [2.45, 2.75) is 37.5 Å². The molecule has 1 heterocycles. The van der Waals surface area contributed by atoms with Gasteiger partial charge in [0.15, 0.2) is 0 Å². The van der Waals surface area contributed by atoms with Gasteiger partial charge >= 0.3 is 0 Å². The van der Waals surface area contributed by atoms with E-state index in [1.807, 2.05) is 19.1 Å². The monoisotopic (exact) mass is 390 g/mol. The van der Waals surface area contributed by atoms with Crippen molar-refractivity contribution < 1.29 is 17.6 Å². The quantitative estimate of drug-likeness (QED) is 0.844. The summed E-state index contributed by atoms with van der Waals surface area (Å²) in [6.45, 7) is 2.85. The molecule has 0 aromatic heterocycles. The molecule has 0 unspecified atom stereocenters. The summed E-state index contributed by atoms with van der Waals surface area (Å²) in [6.07, 6.45) is 3.32. The molecular formula is C20H23FN2O3S. The van der Waals surface area contributed by atoms with Gasteiger partial charge in [0, 0.05) is 18.8 Å². The van der Waals surface area contributed by atoms with Crippen molar-refractivity contribution in [1.29, 1.82) is 0 Å². The SMILES string of the molecule is CCc1ccccc1NC(=O)c1cc(S(=O)(=O)N2CCCCC2)ccc1F. The second kappa shape index (κ2) is 8.19. The van der Waals surface area contributed by atoms with Gasteiger partial charge in [-0.3, -0.25) is 4.79 Å². The molecule has 1 amide bonds. The largest absolute Gasteiger partial charge is 0.322 e. The number of rotatable bonds is 5. The molecular weight excluding hydrogens is 367 g/mol. The summed E-state index contributed by atoms with van der Waals surface area (Å²) < 4.78 is 41.3. The first-order valence-corrected chi connectivity index (χ1v) is 10.6. The Hall–Kier alpha value is -2.25. The Bertz CT molecular complexity index is 938. The van der Waals surface area contributed by atoms with Crippen LogP contribution in [0.1, 0.15) is 42.1 Å². The maximum atomic E-state index is 14.3. The van der Waals surface area contributed by atoms with E-state index >= 15 is 0 Å². The zero-order valence-corrected chi connectivity index (χ0v) is 16.1. The number of carbonyl (C=O) groups excluding carboxylic acids is 1. The predicted octanol–water partition coefficient (Wildman–Crippen LogP) is 3.82. The number of nitrogens with one attached hydrogen (secondary N) is 1. The molecule has 0 spiro atoms.